The number of hydrogen-bond acceptors (Lipinski definition) is 8. The van der Waals surface area contributed by atoms with Crippen LogP contribution in [0.25, 0.3) is 0 Å². The minimum atomic E-state index is -0.404. The predicted octanol–water partition coefficient (Wildman–Crippen LogP) is 3.09. The van der Waals surface area contributed by atoms with E-state index in [2.05, 4.69) is 26.3 Å². The Morgan fingerprint density at radius 1 is 0.781 bits per heavy atom. The predicted molar refractivity (Wildman–Crippen MR) is 129 cm³/mol. The van der Waals surface area contributed by atoms with Crippen LogP contribution >= 0.6 is 0 Å². The number of nitrogens with zero attached hydrogens (tertiary/aromatic N) is 2. The number of carbonyl (C=O) groups is 2. The van der Waals surface area contributed by atoms with Gasteiger partial charge in [0, 0.05) is 19.4 Å². The van der Waals surface area contributed by atoms with E-state index in [0.29, 0.717) is 43.1 Å². The Morgan fingerprint density at radius 2 is 1.22 bits per heavy atom. The number of rotatable bonds is 17. The zero-order valence-electron chi connectivity index (χ0n) is 21.0. The molecule has 0 spiro atoms. The highest BCUT2D eigenvalue weighted by atomic mass is 16.4. The summed E-state index contributed by atoms with van der Waals surface area (Å²) in [6, 6.07) is 0. The highest BCUT2D eigenvalue weighted by Gasteiger charge is 2.23. The largest absolute Gasteiger partial charge is 0.411 e. The molecule has 186 valence electrons. The Balaban J connectivity index is 4.71. The van der Waals surface area contributed by atoms with Gasteiger partial charge in [-0.3, -0.25) is 4.79 Å². The topological polar surface area (TPSA) is 135 Å². The molecule has 0 unspecified atom stereocenters. The first-order chi connectivity index (χ1) is 14.9. The highest BCUT2D eigenvalue weighted by Crippen LogP contribution is 2.15. The quantitative estimate of drug-likeness (QED) is 0.130. The molecule has 9 nitrogen and oxygen atoms in total. The summed E-state index contributed by atoms with van der Waals surface area (Å²) >= 11 is 0. The van der Waals surface area contributed by atoms with Gasteiger partial charge in [-0.05, 0) is 93.2 Å². The molecule has 0 saturated heterocycles. The van der Waals surface area contributed by atoms with Gasteiger partial charge in [-0.15, -0.1) is 0 Å². The Morgan fingerprint density at radius 3 is 1.62 bits per heavy atom. The second-order valence-corrected chi connectivity index (χ2v) is 9.61. The summed E-state index contributed by atoms with van der Waals surface area (Å²) in [6.07, 6.45) is 4.03. The first-order valence-electron chi connectivity index (χ1n) is 11.5. The van der Waals surface area contributed by atoms with Crippen LogP contribution in [0.2, 0.25) is 0 Å². The molecular weight excluding hydrogens is 410 g/mol. The second kappa shape index (κ2) is 14.9. The van der Waals surface area contributed by atoms with Gasteiger partial charge in [0.05, 0.1) is 22.5 Å². The van der Waals surface area contributed by atoms with Gasteiger partial charge < -0.3 is 31.2 Å². The Bertz CT molecular complexity index is 608. The Labute approximate surface area is 193 Å². The molecule has 0 atom stereocenters. The van der Waals surface area contributed by atoms with Gasteiger partial charge in [0.15, 0.2) is 0 Å². The Hall–Kier alpha value is -2.00. The van der Waals surface area contributed by atoms with Crippen molar-refractivity contribution in [3.63, 3.8) is 0 Å². The molecule has 0 aliphatic carbocycles. The maximum atomic E-state index is 12.0. The molecular formula is C23H45N5O4. The molecule has 0 aromatic heterocycles. The van der Waals surface area contributed by atoms with E-state index >= 15 is 0 Å². The lowest BCUT2D eigenvalue weighted by atomic mass is 9.94. The van der Waals surface area contributed by atoms with Gasteiger partial charge in [0.1, 0.15) is 5.78 Å². The molecule has 32 heavy (non-hydrogen) atoms. The summed E-state index contributed by atoms with van der Waals surface area (Å²) in [5.41, 5.74) is 0.432. The fraction of sp³-hybridized carbons (Fsp3) is 0.826. The minimum absolute atomic E-state index is 0.0203. The van der Waals surface area contributed by atoms with E-state index in [4.69, 9.17) is 10.4 Å². The van der Waals surface area contributed by atoms with Gasteiger partial charge >= 0.3 is 0 Å². The molecule has 1 amide bonds. The van der Waals surface area contributed by atoms with E-state index in [1.54, 1.807) is 13.8 Å². The third-order valence-corrected chi connectivity index (χ3v) is 6.16. The molecule has 0 aliphatic rings. The van der Waals surface area contributed by atoms with E-state index in [1.165, 1.54) is 6.92 Å². The smallest absolute Gasteiger partial charge is 0.220 e. The molecule has 5 N–H and O–H groups in total. The molecule has 0 fully saturated rings. The maximum Gasteiger partial charge on any atom is 0.220 e. The molecule has 0 bridgehead atoms. The van der Waals surface area contributed by atoms with Crippen molar-refractivity contribution in [3.05, 3.63) is 0 Å². The van der Waals surface area contributed by atoms with Crippen molar-refractivity contribution >= 4 is 23.1 Å². The number of amides is 1. The molecule has 9 heteroatoms. The normalized spacial score (nSPS) is 13.5. The summed E-state index contributed by atoms with van der Waals surface area (Å²) in [4.78, 5) is 23.0. The molecule has 0 heterocycles. The van der Waals surface area contributed by atoms with Crippen molar-refractivity contribution in [1.82, 2.24) is 16.0 Å². The van der Waals surface area contributed by atoms with E-state index < -0.39 is 11.1 Å². The van der Waals surface area contributed by atoms with Crippen LogP contribution in [0.15, 0.2) is 10.3 Å². The van der Waals surface area contributed by atoms with Crippen molar-refractivity contribution in [2.24, 2.45) is 16.2 Å². The summed E-state index contributed by atoms with van der Waals surface area (Å²) < 4.78 is 0. The van der Waals surface area contributed by atoms with Crippen LogP contribution in [0, 0.1) is 5.92 Å². The van der Waals surface area contributed by atoms with Gasteiger partial charge in [-0.1, -0.05) is 10.3 Å². The standard InChI is InChI=1S/C23H45N5O4/c1-17(29)9-8-10-21(30)24-14-11-20(12-15-25-22(4,5)18(2)27-31)13-16-26-23(6,7)19(3)28-32/h20,25-26,31-32H,8-16H2,1-7H3,(H,24,30)/b27-18-,28-19-. The SMILES string of the molecule is CC(=O)CCCC(=O)NCCC(CCNC(C)(C)/C(C)=N\O)CCNC(C)(C)/C(C)=N\O. The number of nitrogens with one attached hydrogen (secondary N) is 3. The van der Waals surface area contributed by atoms with E-state index in [1.807, 2.05) is 27.7 Å². The van der Waals surface area contributed by atoms with Crippen LogP contribution in [0.5, 0.6) is 0 Å². The molecule has 0 rings (SSSR count). The lowest BCUT2D eigenvalue weighted by Gasteiger charge is -2.28. The summed E-state index contributed by atoms with van der Waals surface area (Å²) in [7, 11) is 0. The van der Waals surface area contributed by atoms with Crippen LogP contribution < -0.4 is 16.0 Å². The zero-order chi connectivity index (χ0) is 24.8. The van der Waals surface area contributed by atoms with Crippen molar-refractivity contribution in [3.8, 4) is 0 Å². The molecule has 0 aromatic rings. The van der Waals surface area contributed by atoms with E-state index in [0.717, 1.165) is 32.4 Å². The fourth-order valence-electron chi connectivity index (χ4n) is 3.12. The van der Waals surface area contributed by atoms with Crippen molar-refractivity contribution < 1.29 is 20.0 Å². The lowest BCUT2D eigenvalue weighted by molar-refractivity contribution is -0.121. The van der Waals surface area contributed by atoms with Crippen molar-refractivity contribution in [2.45, 2.75) is 98.1 Å². The number of ketones is 1. The van der Waals surface area contributed by atoms with Crippen LogP contribution in [0.3, 0.4) is 0 Å². The molecule has 0 aliphatic heterocycles. The lowest BCUT2D eigenvalue weighted by Crippen LogP contribution is -2.47. The molecule has 0 radical (unpaired) electrons. The van der Waals surface area contributed by atoms with Gasteiger partial charge in [-0.2, -0.15) is 0 Å². The summed E-state index contributed by atoms with van der Waals surface area (Å²) in [5.74, 6) is 0.441. The average molecular weight is 456 g/mol. The second-order valence-electron chi connectivity index (χ2n) is 9.61. The third-order valence-electron chi connectivity index (χ3n) is 6.16. The van der Waals surface area contributed by atoms with Crippen molar-refractivity contribution in [2.75, 3.05) is 19.6 Å². The first-order valence-corrected chi connectivity index (χ1v) is 11.5. The number of Topliss-reactive ketones (excluding diaryl/α,β-unsaturated/α-hetero) is 1. The fourth-order valence-corrected chi connectivity index (χ4v) is 3.12. The van der Waals surface area contributed by atoms with E-state index in [-0.39, 0.29) is 11.7 Å². The average Bonchev–Trinajstić information content (AvgIpc) is 2.71. The highest BCUT2D eigenvalue weighted by molar-refractivity contribution is 5.90. The maximum absolute atomic E-state index is 12.0. The number of oxime groups is 2. The molecule has 0 aromatic carbocycles. The van der Waals surface area contributed by atoms with E-state index in [9.17, 15) is 9.59 Å². The summed E-state index contributed by atoms with van der Waals surface area (Å²) in [5, 5.41) is 34.5. The zero-order valence-corrected chi connectivity index (χ0v) is 21.0. The first kappa shape index (κ1) is 30.0. The van der Waals surface area contributed by atoms with Crippen LogP contribution in [-0.4, -0.2) is 64.2 Å². The van der Waals surface area contributed by atoms with Gasteiger partial charge in [-0.25, -0.2) is 0 Å². The number of carbonyl (C=O) groups excluding carboxylic acids is 2. The van der Waals surface area contributed by atoms with Crippen LogP contribution in [-0.2, 0) is 9.59 Å². The number of hydrogen-bond donors (Lipinski definition) is 5. The third kappa shape index (κ3) is 12.8. The summed E-state index contributed by atoms with van der Waals surface area (Å²) in [6.45, 7) is 15.1. The minimum Gasteiger partial charge on any atom is -0.411 e. The van der Waals surface area contributed by atoms with Crippen LogP contribution in [0.1, 0.15) is 87.0 Å². The Kier molecular flexibility index (Phi) is 14.0. The monoisotopic (exact) mass is 455 g/mol. The van der Waals surface area contributed by atoms with Crippen molar-refractivity contribution in [1.29, 1.82) is 0 Å². The molecule has 0 saturated carbocycles. The van der Waals surface area contributed by atoms with Gasteiger partial charge in [0.25, 0.3) is 0 Å². The van der Waals surface area contributed by atoms with Crippen LogP contribution in [0.4, 0.5) is 0 Å². The van der Waals surface area contributed by atoms with Gasteiger partial charge in [0.2, 0.25) is 5.91 Å².